The molecule has 13 heteroatoms. The molecule has 0 radical (unpaired) electrons. The van der Waals surface area contributed by atoms with Crippen LogP contribution in [0.1, 0.15) is 24.0 Å². The van der Waals surface area contributed by atoms with Gasteiger partial charge in [0.2, 0.25) is 5.91 Å². The first-order chi connectivity index (χ1) is 20.7. The summed E-state index contributed by atoms with van der Waals surface area (Å²) >= 11 is 1.39. The van der Waals surface area contributed by atoms with Gasteiger partial charge in [-0.15, -0.1) is 11.8 Å². The Morgan fingerprint density at radius 2 is 1.70 bits per heavy atom. The van der Waals surface area contributed by atoms with Crippen LogP contribution in [0.5, 0.6) is 28.7 Å². The van der Waals surface area contributed by atoms with E-state index in [1.807, 2.05) is 0 Å². The van der Waals surface area contributed by atoms with E-state index < -0.39 is 30.1 Å². The molecule has 2 aromatic rings. The largest absolute Gasteiger partial charge is 0.504 e. The highest BCUT2D eigenvalue weighted by Crippen LogP contribution is 2.35. The fourth-order valence-electron chi connectivity index (χ4n) is 5.11. The van der Waals surface area contributed by atoms with E-state index in [0.717, 1.165) is 0 Å². The van der Waals surface area contributed by atoms with Crippen molar-refractivity contribution in [2.75, 3.05) is 46.1 Å². The second-order valence-corrected chi connectivity index (χ2v) is 11.0. The van der Waals surface area contributed by atoms with E-state index >= 15 is 0 Å². The molecule has 2 heterocycles. The zero-order valence-electron chi connectivity index (χ0n) is 24.2. The zero-order valence-corrected chi connectivity index (χ0v) is 25.0. The average Bonchev–Trinajstić information content (AvgIpc) is 3.70. The van der Waals surface area contributed by atoms with Crippen LogP contribution in [0.3, 0.4) is 0 Å². The van der Waals surface area contributed by atoms with Gasteiger partial charge in [0, 0.05) is 30.3 Å². The van der Waals surface area contributed by atoms with Crippen LogP contribution in [0, 0.1) is 0 Å². The van der Waals surface area contributed by atoms with Crippen LogP contribution < -0.4 is 14.2 Å². The molecular formula is C30H36N2O10S. The van der Waals surface area contributed by atoms with Gasteiger partial charge in [0.1, 0.15) is 30.5 Å². The highest BCUT2D eigenvalue weighted by atomic mass is 32.2. The number of aliphatic hydroxyl groups excluding tert-OH is 1. The maximum absolute atomic E-state index is 13.6. The smallest absolute Gasteiger partial charge is 0.329 e. The van der Waals surface area contributed by atoms with Gasteiger partial charge in [0.25, 0.3) is 5.91 Å². The molecule has 2 saturated heterocycles. The van der Waals surface area contributed by atoms with E-state index in [9.17, 15) is 29.7 Å². The van der Waals surface area contributed by atoms with Gasteiger partial charge in [0.15, 0.2) is 23.0 Å². The summed E-state index contributed by atoms with van der Waals surface area (Å²) in [4.78, 5) is 42.5. The van der Waals surface area contributed by atoms with Crippen LogP contribution in [-0.4, -0.2) is 107 Å². The average molecular weight is 617 g/mol. The van der Waals surface area contributed by atoms with E-state index in [-0.39, 0.29) is 36.3 Å². The number of ether oxygens (including phenoxy) is 4. The van der Waals surface area contributed by atoms with E-state index in [2.05, 4.69) is 0 Å². The number of likely N-dealkylation sites (tertiary alicyclic amines) is 1. The molecule has 2 fully saturated rings. The van der Waals surface area contributed by atoms with Gasteiger partial charge < -0.3 is 44.1 Å². The Labute approximate surface area is 253 Å². The molecule has 0 spiro atoms. The topological polar surface area (TPSA) is 155 Å². The predicted molar refractivity (Wildman–Crippen MR) is 158 cm³/mol. The van der Waals surface area contributed by atoms with E-state index in [1.54, 1.807) is 24.3 Å². The van der Waals surface area contributed by atoms with Crippen molar-refractivity contribution in [2.45, 2.75) is 37.5 Å². The normalized spacial score (nSPS) is 19.0. The Morgan fingerprint density at radius 1 is 0.977 bits per heavy atom. The molecule has 0 saturated carbocycles. The number of nitrogens with zero attached hydrogens (tertiary/aromatic N) is 2. The standard InChI is InChI=1S/C30H36N2O10S/c1-39-25-15-27(41-3)26(40-2)14-19(25)6-5-11-42-30(38)20-7-4-10-31(20)28(36)21-16-43-17-32(21)29(37)24(35)13-18-8-9-22(33)23(34)12-18/h5-6,8-9,12,14-15,20-21,24,33-35H,4,7,10-11,13,16-17H2,1-3H3/b6-5+. The minimum Gasteiger partial charge on any atom is -0.504 e. The number of rotatable bonds is 11. The second-order valence-electron chi connectivity index (χ2n) is 10.0. The number of thioether (sulfide) groups is 1. The minimum atomic E-state index is -1.45. The lowest BCUT2D eigenvalue weighted by molar-refractivity contribution is -0.155. The van der Waals surface area contributed by atoms with Gasteiger partial charge in [-0.25, -0.2) is 4.79 Å². The number of aromatic hydroxyl groups is 2. The SMILES string of the molecule is COc1cc(OC)c(OC)cc1/C=C/COC(=O)C1CCCN1C(=O)C1CSCN1C(=O)C(O)Cc1ccc(O)c(O)c1. The number of carbonyl (C=O) groups excluding carboxylic acids is 3. The van der Waals surface area contributed by atoms with Gasteiger partial charge in [0.05, 0.1) is 27.2 Å². The summed E-state index contributed by atoms with van der Waals surface area (Å²) in [5.74, 6) is -0.0387. The lowest BCUT2D eigenvalue weighted by atomic mass is 10.1. The molecule has 232 valence electrons. The molecule has 2 amide bonds. The third-order valence-corrected chi connectivity index (χ3v) is 8.38. The number of amides is 2. The first-order valence-corrected chi connectivity index (χ1v) is 14.8. The van der Waals surface area contributed by atoms with Gasteiger partial charge in [-0.1, -0.05) is 12.1 Å². The van der Waals surface area contributed by atoms with Crippen molar-refractivity contribution < 1.29 is 48.7 Å². The maximum Gasteiger partial charge on any atom is 0.329 e. The Morgan fingerprint density at radius 3 is 2.40 bits per heavy atom. The molecular weight excluding hydrogens is 580 g/mol. The molecule has 0 bridgehead atoms. The molecule has 2 aliphatic rings. The summed E-state index contributed by atoms with van der Waals surface area (Å²) in [6.07, 6.45) is 2.90. The summed E-state index contributed by atoms with van der Waals surface area (Å²) in [5.41, 5.74) is 1.15. The number of hydrogen-bond donors (Lipinski definition) is 3. The molecule has 0 aliphatic carbocycles. The Hall–Kier alpha value is -4.10. The van der Waals surface area contributed by atoms with Crippen LogP contribution >= 0.6 is 11.8 Å². The highest BCUT2D eigenvalue weighted by Gasteiger charge is 2.44. The zero-order chi connectivity index (χ0) is 31.1. The quantitative estimate of drug-likeness (QED) is 0.251. The van der Waals surface area contributed by atoms with Crippen molar-refractivity contribution in [3.05, 3.63) is 47.5 Å². The van der Waals surface area contributed by atoms with E-state index in [4.69, 9.17) is 18.9 Å². The number of phenols is 2. The van der Waals surface area contributed by atoms with Crippen molar-refractivity contribution in [1.82, 2.24) is 9.80 Å². The van der Waals surface area contributed by atoms with Crippen molar-refractivity contribution in [3.63, 3.8) is 0 Å². The molecule has 3 unspecified atom stereocenters. The molecule has 2 aliphatic heterocycles. The Kier molecular flexibility index (Phi) is 10.6. The lowest BCUT2D eigenvalue weighted by Gasteiger charge is -2.31. The van der Waals surface area contributed by atoms with Crippen molar-refractivity contribution in [3.8, 4) is 28.7 Å². The van der Waals surface area contributed by atoms with E-state index in [1.165, 1.54) is 61.1 Å². The summed E-state index contributed by atoms with van der Waals surface area (Å²) in [5, 5.41) is 29.8. The molecule has 4 rings (SSSR count). The second kappa shape index (κ2) is 14.4. The molecule has 0 aromatic heterocycles. The number of carbonyl (C=O) groups is 3. The summed E-state index contributed by atoms with van der Waals surface area (Å²) in [6.45, 7) is 0.327. The molecule has 3 atom stereocenters. The Bertz CT molecular complexity index is 1370. The third-order valence-electron chi connectivity index (χ3n) is 7.37. The number of benzene rings is 2. The van der Waals surface area contributed by atoms with E-state index in [0.29, 0.717) is 53.5 Å². The highest BCUT2D eigenvalue weighted by molar-refractivity contribution is 7.99. The number of methoxy groups -OCH3 is 3. The maximum atomic E-state index is 13.6. The fourth-order valence-corrected chi connectivity index (χ4v) is 6.27. The molecule has 43 heavy (non-hydrogen) atoms. The minimum absolute atomic E-state index is 0.0300. The van der Waals surface area contributed by atoms with Crippen LogP contribution in [0.25, 0.3) is 6.08 Å². The van der Waals surface area contributed by atoms with Gasteiger partial charge in [-0.2, -0.15) is 0 Å². The first kappa shape index (κ1) is 31.8. The number of aliphatic hydroxyl groups is 1. The van der Waals surface area contributed by atoms with Crippen LogP contribution in [0.15, 0.2) is 36.4 Å². The molecule has 12 nitrogen and oxygen atoms in total. The number of hydrogen-bond acceptors (Lipinski definition) is 11. The van der Waals surface area contributed by atoms with Crippen LogP contribution in [0.4, 0.5) is 0 Å². The molecule has 2 aromatic carbocycles. The summed E-state index contributed by atoms with van der Waals surface area (Å²) in [7, 11) is 4.59. The van der Waals surface area contributed by atoms with Gasteiger partial charge >= 0.3 is 5.97 Å². The van der Waals surface area contributed by atoms with Crippen molar-refractivity contribution in [2.24, 2.45) is 0 Å². The summed E-state index contributed by atoms with van der Waals surface area (Å²) in [6, 6.07) is 5.87. The lowest BCUT2D eigenvalue weighted by Crippen LogP contribution is -2.54. The summed E-state index contributed by atoms with van der Waals surface area (Å²) < 4.78 is 21.5. The van der Waals surface area contributed by atoms with Crippen molar-refractivity contribution in [1.29, 1.82) is 0 Å². The van der Waals surface area contributed by atoms with Crippen LogP contribution in [-0.2, 0) is 25.5 Å². The van der Waals surface area contributed by atoms with Crippen LogP contribution in [0.2, 0.25) is 0 Å². The monoisotopic (exact) mass is 616 g/mol. The first-order valence-electron chi connectivity index (χ1n) is 13.7. The Balaban J connectivity index is 1.36. The number of esters is 1. The predicted octanol–water partition coefficient (Wildman–Crippen LogP) is 2.18. The third kappa shape index (κ3) is 7.28. The van der Waals surface area contributed by atoms with Gasteiger partial charge in [-0.3, -0.25) is 9.59 Å². The van der Waals surface area contributed by atoms with Gasteiger partial charge in [-0.05, 0) is 42.7 Å². The molecule has 3 N–H and O–H groups in total. The number of phenolic OH excluding ortho intramolecular Hbond substituents is 2. The van der Waals surface area contributed by atoms with Crippen molar-refractivity contribution >= 4 is 35.6 Å². The fraction of sp³-hybridized carbons (Fsp3) is 0.433.